The van der Waals surface area contributed by atoms with E-state index in [2.05, 4.69) is 10.6 Å². The van der Waals surface area contributed by atoms with Crippen molar-refractivity contribution in [3.05, 3.63) is 0 Å². The molecular formula is C12H26N2O3Si. The predicted octanol–water partition coefficient (Wildman–Crippen LogP) is 1.61. The highest BCUT2D eigenvalue weighted by molar-refractivity contribution is 6.75. The predicted molar refractivity (Wildman–Crippen MR) is 74.6 cm³/mol. The number of nitrogens with one attached hydrogen (secondary N) is 2. The van der Waals surface area contributed by atoms with E-state index in [-0.39, 0.29) is 24.0 Å². The summed E-state index contributed by atoms with van der Waals surface area (Å²) in [5.41, 5.74) is -0.143. The Morgan fingerprint density at radius 3 is 2.39 bits per heavy atom. The maximum atomic E-state index is 11.8. The van der Waals surface area contributed by atoms with Gasteiger partial charge in [-0.3, -0.25) is 9.59 Å². The van der Waals surface area contributed by atoms with Crippen molar-refractivity contribution in [2.75, 3.05) is 13.8 Å². The zero-order valence-electron chi connectivity index (χ0n) is 12.1. The molecule has 0 aliphatic rings. The Hall–Kier alpha value is -0.883. The molecule has 18 heavy (non-hydrogen) atoms. The lowest BCUT2D eigenvalue weighted by Gasteiger charge is -2.26. The van der Waals surface area contributed by atoms with Crippen LogP contribution in [0.5, 0.6) is 0 Å². The number of rotatable bonds is 8. The van der Waals surface area contributed by atoms with E-state index < -0.39 is 8.32 Å². The van der Waals surface area contributed by atoms with Crippen LogP contribution in [0.4, 0.5) is 0 Å². The molecule has 1 unspecified atom stereocenters. The van der Waals surface area contributed by atoms with Crippen LogP contribution < -0.4 is 10.6 Å². The van der Waals surface area contributed by atoms with E-state index in [9.17, 15) is 9.59 Å². The van der Waals surface area contributed by atoms with Gasteiger partial charge in [0.1, 0.15) is 0 Å². The van der Waals surface area contributed by atoms with Crippen molar-refractivity contribution >= 4 is 20.1 Å². The second-order valence-corrected chi connectivity index (χ2v) is 9.43. The topological polar surface area (TPSA) is 67.4 Å². The van der Waals surface area contributed by atoms with E-state index in [1.165, 1.54) is 0 Å². The average molecular weight is 274 g/mol. The lowest BCUT2D eigenvalue weighted by molar-refractivity contribution is -0.122. The van der Waals surface area contributed by atoms with Gasteiger partial charge in [0.25, 0.3) is 0 Å². The molecule has 0 radical (unpaired) electrons. The van der Waals surface area contributed by atoms with E-state index >= 15 is 0 Å². The van der Waals surface area contributed by atoms with Gasteiger partial charge in [0.15, 0.2) is 8.32 Å². The van der Waals surface area contributed by atoms with Crippen LogP contribution in [0.2, 0.25) is 18.6 Å². The molecule has 0 aliphatic carbocycles. The van der Waals surface area contributed by atoms with Gasteiger partial charge >= 0.3 is 0 Å². The molecule has 0 fully saturated rings. The second kappa shape index (κ2) is 8.26. The zero-order valence-corrected chi connectivity index (χ0v) is 13.1. The fourth-order valence-corrected chi connectivity index (χ4v) is 2.39. The lowest BCUT2D eigenvalue weighted by atomic mass is 10.2. The minimum atomic E-state index is -1.97. The Morgan fingerprint density at radius 2 is 1.89 bits per heavy atom. The molecule has 0 aromatic heterocycles. The first-order valence-corrected chi connectivity index (χ1v) is 9.43. The van der Waals surface area contributed by atoms with E-state index in [1.807, 2.05) is 26.9 Å². The molecule has 0 aromatic carbocycles. The van der Waals surface area contributed by atoms with Gasteiger partial charge in [-0.25, -0.2) is 0 Å². The van der Waals surface area contributed by atoms with Crippen molar-refractivity contribution in [1.29, 1.82) is 0 Å². The SMILES string of the molecule is CCCCC(=O)NCNC(=O)C(C)[Si](C)(C)OC. The fourth-order valence-electron chi connectivity index (χ4n) is 1.30. The molecular weight excluding hydrogens is 248 g/mol. The third-order valence-electron chi connectivity index (χ3n) is 3.27. The molecule has 0 saturated carbocycles. The minimum Gasteiger partial charge on any atom is -0.420 e. The summed E-state index contributed by atoms with van der Waals surface area (Å²) < 4.78 is 5.39. The number of hydrogen-bond acceptors (Lipinski definition) is 3. The molecule has 0 saturated heterocycles. The smallest absolute Gasteiger partial charge is 0.223 e. The van der Waals surface area contributed by atoms with Crippen molar-refractivity contribution in [3.8, 4) is 0 Å². The molecule has 5 nitrogen and oxygen atoms in total. The number of carbonyl (C=O) groups excluding carboxylic acids is 2. The first-order chi connectivity index (χ1) is 8.35. The Bertz CT molecular complexity index is 282. The van der Waals surface area contributed by atoms with E-state index in [0.717, 1.165) is 12.8 Å². The number of carbonyl (C=O) groups is 2. The molecule has 1 atom stereocenters. The molecule has 6 heteroatoms. The molecule has 0 rings (SSSR count). The third-order valence-corrected chi connectivity index (χ3v) is 6.67. The van der Waals surface area contributed by atoms with Gasteiger partial charge in [-0.05, 0) is 19.5 Å². The number of unbranched alkanes of at least 4 members (excludes halogenated alkanes) is 1. The molecule has 106 valence electrons. The van der Waals surface area contributed by atoms with Crippen LogP contribution in [0.25, 0.3) is 0 Å². The summed E-state index contributed by atoms with van der Waals surface area (Å²) in [4.78, 5) is 23.2. The van der Waals surface area contributed by atoms with Crippen molar-refractivity contribution in [1.82, 2.24) is 10.6 Å². The largest absolute Gasteiger partial charge is 0.420 e. The Labute approximate surface area is 111 Å². The first-order valence-electron chi connectivity index (χ1n) is 6.44. The summed E-state index contributed by atoms with van der Waals surface area (Å²) in [6.45, 7) is 8.09. The molecule has 2 N–H and O–H groups in total. The normalized spacial score (nSPS) is 12.9. The molecule has 0 bridgehead atoms. The number of hydrogen-bond donors (Lipinski definition) is 2. The molecule has 0 aromatic rings. The van der Waals surface area contributed by atoms with Gasteiger partial charge in [0.05, 0.1) is 12.2 Å². The Morgan fingerprint density at radius 1 is 1.28 bits per heavy atom. The summed E-state index contributed by atoms with van der Waals surface area (Å²) in [6, 6.07) is 0. The van der Waals surface area contributed by atoms with Gasteiger partial charge < -0.3 is 15.1 Å². The van der Waals surface area contributed by atoms with Gasteiger partial charge in [-0.1, -0.05) is 20.3 Å². The van der Waals surface area contributed by atoms with Crippen LogP contribution in [0, 0.1) is 0 Å². The van der Waals surface area contributed by atoms with Crippen molar-refractivity contribution in [2.45, 2.75) is 51.7 Å². The standard InChI is InChI=1S/C12H26N2O3Si/c1-6-7-8-11(15)13-9-14-12(16)10(2)18(4,5)17-3/h10H,6-9H2,1-5H3,(H,13,15)(H,14,16). The lowest BCUT2D eigenvalue weighted by Crippen LogP contribution is -2.45. The highest BCUT2D eigenvalue weighted by Crippen LogP contribution is 2.21. The highest BCUT2D eigenvalue weighted by atomic mass is 28.4. The van der Waals surface area contributed by atoms with Gasteiger partial charge in [0, 0.05) is 13.5 Å². The second-order valence-electron chi connectivity index (χ2n) is 4.95. The van der Waals surface area contributed by atoms with Crippen LogP contribution in [0.1, 0.15) is 33.1 Å². The monoisotopic (exact) mass is 274 g/mol. The van der Waals surface area contributed by atoms with Crippen LogP contribution >= 0.6 is 0 Å². The van der Waals surface area contributed by atoms with Crippen molar-refractivity contribution < 1.29 is 14.0 Å². The van der Waals surface area contributed by atoms with E-state index in [4.69, 9.17) is 4.43 Å². The van der Waals surface area contributed by atoms with Crippen LogP contribution in [0.3, 0.4) is 0 Å². The van der Waals surface area contributed by atoms with E-state index in [1.54, 1.807) is 7.11 Å². The van der Waals surface area contributed by atoms with Crippen LogP contribution in [-0.4, -0.2) is 33.9 Å². The van der Waals surface area contributed by atoms with Gasteiger partial charge in [-0.15, -0.1) is 0 Å². The summed E-state index contributed by atoms with van der Waals surface area (Å²) in [7, 11) is -0.325. The number of amides is 2. The molecule has 0 aliphatic heterocycles. The fraction of sp³-hybridized carbons (Fsp3) is 0.833. The maximum Gasteiger partial charge on any atom is 0.223 e. The van der Waals surface area contributed by atoms with E-state index in [0.29, 0.717) is 6.42 Å². The van der Waals surface area contributed by atoms with Crippen molar-refractivity contribution in [2.24, 2.45) is 0 Å². The third kappa shape index (κ3) is 6.16. The van der Waals surface area contributed by atoms with Crippen LogP contribution in [0.15, 0.2) is 0 Å². The Balaban J connectivity index is 3.94. The summed E-state index contributed by atoms with van der Waals surface area (Å²) in [5.74, 6) is -0.0858. The minimum absolute atomic E-state index is 0.0203. The molecule has 0 spiro atoms. The van der Waals surface area contributed by atoms with Crippen molar-refractivity contribution in [3.63, 3.8) is 0 Å². The first kappa shape index (κ1) is 17.1. The zero-order chi connectivity index (χ0) is 14.2. The van der Waals surface area contributed by atoms with Crippen LogP contribution in [-0.2, 0) is 14.0 Å². The molecule has 0 heterocycles. The Kier molecular flexibility index (Phi) is 7.85. The maximum absolute atomic E-state index is 11.8. The summed E-state index contributed by atoms with van der Waals surface area (Å²) in [6.07, 6.45) is 2.38. The van der Waals surface area contributed by atoms with Gasteiger partial charge in [-0.2, -0.15) is 0 Å². The molecule has 2 amide bonds. The summed E-state index contributed by atoms with van der Waals surface area (Å²) >= 11 is 0. The quantitative estimate of drug-likeness (QED) is 0.522. The van der Waals surface area contributed by atoms with Gasteiger partial charge in [0.2, 0.25) is 11.8 Å². The summed E-state index contributed by atoms with van der Waals surface area (Å²) in [5, 5.41) is 5.39. The average Bonchev–Trinajstić information content (AvgIpc) is 2.35. The highest BCUT2D eigenvalue weighted by Gasteiger charge is 2.34.